The van der Waals surface area contributed by atoms with Gasteiger partial charge >= 0.3 is 0 Å². The van der Waals surface area contributed by atoms with Crippen LogP contribution in [0, 0.1) is 0 Å². The van der Waals surface area contributed by atoms with Gasteiger partial charge in [0.25, 0.3) is 5.91 Å². The Bertz CT molecular complexity index is 677. The number of fused-ring (bicyclic) bond motifs is 1. The third-order valence-electron chi connectivity index (χ3n) is 4.13. The number of benzene rings is 2. The summed E-state index contributed by atoms with van der Waals surface area (Å²) in [5, 5.41) is 5.44. The second-order valence-electron chi connectivity index (χ2n) is 5.56. The molecule has 1 fully saturated rings. The van der Waals surface area contributed by atoms with Crippen LogP contribution in [-0.4, -0.2) is 37.0 Å². The molecule has 1 aliphatic heterocycles. The van der Waals surface area contributed by atoms with Crippen molar-refractivity contribution < 1.29 is 4.79 Å². The maximum Gasteiger partial charge on any atom is 0.254 e. The first-order valence-corrected chi connectivity index (χ1v) is 8.13. The molecule has 1 amide bonds. The van der Waals surface area contributed by atoms with Crippen molar-refractivity contribution in [3.8, 4) is 0 Å². The predicted octanol–water partition coefficient (Wildman–Crippen LogP) is 3.85. The second kappa shape index (κ2) is 7.44. The third kappa shape index (κ3) is 3.45. The number of halogens is 2. The Morgan fingerprint density at radius 2 is 2.00 bits per heavy atom. The SMILES string of the molecule is CNCC1CCCN1C(=O)c1ccc2cc(Br)ccc2c1.Cl. The fourth-order valence-electron chi connectivity index (χ4n) is 3.07. The van der Waals surface area contributed by atoms with Crippen molar-refractivity contribution in [2.75, 3.05) is 20.1 Å². The summed E-state index contributed by atoms with van der Waals surface area (Å²) in [6.45, 7) is 1.73. The molecule has 2 aromatic rings. The van der Waals surface area contributed by atoms with Crippen molar-refractivity contribution >= 4 is 45.0 Å². The first kappa shape index (κ1) is 17.3. The molecule has 22 heavy (non-hydrogen) atoms. The lowest BCUT2D eigenvalue weighted by molar-refractivity contribution is 0.0737. The number of likely N-dealkylation sites (N-methyl/N-ethyl adjacent to an activating group) is 1. The van der Waals surface area contributed by atoms with Crippen LogP contribution in [0.5, 0.6) is 0 Å². The Kier molecular flexibility index (Phi) is 5.84. The Labute approximate surface area is 145 Å². The average molecular weight is 384 g/mol. The lowest BCUT2D eigenvalue weighted by Crippen LogP contribution is -2.40. The minimum absolute atomic E-state index is 0. The Morgan fingerprint density at radius 3 is 2.77 bits per heavy atom. The van der Waals surface area contributed by atoms with Crippen molar-refractivity contribution in [2.45, 2.75) is 18.9 Å². The fourth-order valence-corrected chi connectivity index (χ4v) is 3.45. The van der Waals surface area contributed by atoms with E-state index in [-0.39, 0.29) is 18.3 Å². The minimum atomic E-state index is 0. The molecule has 1 atom stereocenters. The van der Waals surface area contributed by atoms with Crippen LogP contribution in [0.15, 0.2) is 40.9 Å². The van der Waals surface area contributed by atoms with Gasteiger partial charge in [-0.1, -0.05) is 28.1 Å². The highest BCUT2D eigenvalue weighted by Crippen LogP contribution is 2.24. The van der Waals surface area contributed by atoms with E-state index in [0.29, 0.717) is 6.04 Å². The lowest BCUT2D eigenvalue weighted by Gasteiger charge is -2.24. The molecule has 5 heteroatoms. The number of nitrogens with one attached hydrogen (secondary N) is 1. The number of rotatable bonds is 3. The van der Waals surface area contributed by atoms with Crippen LogP contribution in [-0.2, 0) is 0 Å². The summed E-state index contributed by atoms with van der Waals surface area (Å²) in [7, 11) is 1.94. The Morgan fingerprint density at radius 1 is 1.27 bits per heavy atom. The van der Waals surface area contributed by atoms with Crippen LogP contribution in [0.2, 0.25) is 0 Å². The minimum Gasteiger partial charge on any atom is -0.334 e. The van der Waals surface area contributed by atoms with Gasteiger partial charge in [0.2, 0.25) is 0 Å². The van der Waals surface area contributed by atoms with Gasteiger partial charge < -0.3 is 10.2 Å². The van der Waals surface area contributed by atoms with Gasteiger partial charge in [0.15, 0.2) is 0 Å². The first-order chi connectivity index (χ1) is 10.2. The average Bonchev–Trinajstić information content (AvgIpc) is 2.94. The van der Waals surface area contributed by atoms with E-state index in [9.17, 15) is 4.79 Å². The highest BCUT2D eigenvalue weighted by atomic mass is 79.9. The molecule has 0 radical (unpaired) electrons. The molecule has 1 saturated heterocycles. The fraction of sp³-hybridized carbons (Fsp3) is 0.353. The summed E-state index contributed by atoms with van der Waals surface area (Å²) < 4.78 is 1.06. The van der Waals surface area contributed by atoms with E-state index in [0.717, 1.165) is 46.7 Å². The van der Waals surface area contributed by atoms with Gasteiger partial charge in [-0.2, -0.15) is 0 Å². The van der Waals surface area contributed by atoms with E-state index >= 15 is 0 Å². The van der Waals surface area contributed by atoms with Crippen LogP contribution < -0.4 is 5.32 Å². The summed E-state index contributed by atoms with van der Waals surface area (Å²) in [6, 6.07) is 12.4. The van der Waals surface area contributed by atoms with Crippen LogP contribution in [0.1, 0.15) is 23.2 Å². The number of carbonyl (C=O) groups excluding carboxylic acids is 1. The molecule has 1 unspecified atom stereocenters. The summed E-state index contributed by atoms with van der Waals surface area (Å²) in [4.78, 5) is 14.7. The highest BCUT2D eigenvalue weighted by molar-refractivity contribution is 9.10. The standard InChI is InChI=1S/C17H19BrN2O.ClH/c1-19-11-16-3-2-8-20(16)17(21)14-5-4-13-10-15(18)7-6-12(13)9-14;/h4-7,9-10,16,19H,2-3,8,11H2,1H3;1H. The number of nitrogens with zero attached hydrogens (tertiary/aromatic N) is 1. The van der Waals surface area contributed by atoms with Crippen LogP contribution in [0.3, 0.4) is 0 Å². The molecule has 0 spiro atoms. The molecule has 3 nitrogen and oxygen atoms in total. The monoisotopic (exact) mass is 382 g/mol. The van der Waals surface area contributed by atoms with E-state index in [4.69, 9.17) is 0 Å². The molecule has 1 aliphatic rings. The second-order valence-corrected chi connectivity index (χ2v) is 6.47. The summed E-state index contributed by atoms with van der Waals surface area (Å²) in [5.41, 5.74) is 0.785. The molecule has 1 heterocycles. The molecule has 3 rings (SSSR count). The van der Waals surface area contributed by atoms with Crippen molar-refractivity contribution in [3.63, 3.8) is 0 Å². The van der Waals surface area contributed by atoms with Crippen molar-refractivity contribution in [2.24, 2.45) is 0 Å². The molecule has 2 aromatic carbocycles. The topological polar surface area (TPSA) is 32.3 Å². The van der Waals surface area contributed by atoms with Gasteiger partial charge in [0.1, 0.15) is 0 Å². The maximum absolute atomic E-state index is 12.7. The van der Waals surface area contributed by atoms with Gasteiger partial charge in [-0.05, 0) is 54.9 Å². The van der Waals surface area contributed by atoms with E-state index in [1.165, 1.54) is 0 Å². The molecule has 1 N–H and O–H groups in total. The predicted molar refractivity (Wildman–Crippen MR) is 96.9 cm³/mol. The van der Waals surface area contributed by atoms with E-state index in [2.05, 4.69) is 27.3 Å². The molecule has 118 valence electrons. The van der Waals surface area contributed by atoms with Crippen LogP contribution >= 0.6 is 28.3 Å². The number of hydrogen-bond donors (Lipinski definition) is 1. The molecule has 0 bridgehead atoms. The smallest absolute Gasteiger partial charge is 0.254 e. The van der Waals surface area contributed by atoms with Crippen molar-refractivity contribution in [1.29, 1.82) is 0 Å². The Balaban J connectivity index is 0.00000176. The molecular weight excluding hydrogens is 364 g/mol. The van der Waals surface area contributed by atoms with Gasteiger partial charge in [0, 0.05) is 29.2 Å². The maximum atomic E-state index is 12.7. The zero-order valence-corrected chi connectivity index (χ0v) is 14.9. The van der Waals surface area contributed by atoms with E-state index < -0.39 is 0 Å². The molecule has 0 saturated carbocycles. The number of likely N-dealkylation sites (tertiary alicyclic amines) is 1. The van der Waals surface area contributed by atoms with Gasteiger partial charge in [-0.25, -0.2) is 0 Å². The summed E-state index contributed by atoms with van der Waals surface area (Å²) >= 11 is 3.48. The van der Waals surface area contributed by atoms with Gasteiger partial charge in [-0.3, -0.25) is 4.79 Å². The van der Waals surface area contributed by atoms with E-state index in [1.807, 2.05) is 42.3 Å². The van der Waals surface area contributed by atoms with Gasteiger partial charge in [-0.15, -0.1) is 12.4 Å². The number of amides is 1. The molecule has 0 aromatic heterocycles. The van der Waals surface area contributed by atoms with E-state index in [1.54, 1.807) is 0 Å². The Hall–Kier alpha value is -1.10. The number of carbonyl (C=O) groups is 1. The van der Waals surface area contributed by atoms with Crippen LogP contribution in [0.25, 0.3) is 10.8 Å². The number of hydrogen-bond acceptors (Lipinski definition) is 2. The van der Waals surface area contributed by atoms with Crippen molar-refractivity contribution in [3.05, 3.63) is 46.4 Å². The molecule has 0 aliphatic carbocycles. The van der Waals surface area contributed by atoms with Gasteiger partial charge in [0.05, 0.1) is 0 Å². The van der Waals surface area contributed by atoms with Crippen LogP contribution in [0.4, 0.5) is 0 Å². The third-order valence-corrected chi connectivity index (χ3v) is 4.62. The quantitative estimate of drug-likeness (QED) is 0.873. The first-order valence-electron chi connectivity index (χ1n) is 7.34. The zero-order valence-electron chi connectivity index (χ0n) is 12.5. The summed E-state index contributed by atoms with van der Waals surface area (Å²) in [5.74, 6) is 0.151. The lowest BCUT2D eigenvalue weighted by atomic mass is 10.1. The van der Waals surface area contributed by atoms with Crippen molar-refractivity contribution in [1.82, 2.24) is 10.2 Å². The summed E-state index contributed by atoms with van der Waals surface area (Å²) in [6.07, 6.45) is 2.19. The molecular formula is C17H20BrClN2O. The largest absolute Gasteiger partial charge is 0.334 e. The zero-order chi connectivity index (χ0) is 14.8. The normalized spacial score (nSPS) is 17.5. The highest BCUT2D eigenvalue weighted by Gasteiger charge is 2.28.